The summed E-state index contributed by atoms with van der Waals surface area (Å²) < 4.78 is 18.0. The van der Waals surface area contributed by atoms with Gasteiger partial charge in [0, 0.05) is 18.0 Å². The zero-order chi connectivity index (χ0) is 30.7. The van der Waals surface area contributed by atoms with E-state index in [0.717, 1.165) is 0 Å². The summed E-state index contributed by atoms with van der Waals surface area (Å²) >= 11 is 0. The molecule has 11 heteroatoms. The molecule has 0 saturated carbocycles. The van der Waals surface area contributed by atoms with Crippen molar-refractivity contribution in [3.63, 3.8) is 0 Å². The molecule has 2 saturated heterocycles. The van der Waals surface area contributed by atoms with Gasteiger partial charge in [0.05, 0.1) is 29.8 Å². The Morgan fingerprint density at radius 3 is 2.20 bits per heavy atom. The predicted octanol–water partition coefficient (Wildman–Crippen LogP) is 0.633. The van der Waals surface area contributed by atoms with Crippen LogP contribution in [-0.4, -0.2) is 123 Å². The van der Waals surface area contributed by atoms with E-state index in [1.165, 1.54) is 13.8 Å². The van der Waals surface area contributed by atoms with Crippen LogP contribution in [0.15, 0.2) is 0 Å². The summed E-state index contributed by atoms with van der Waals surface area (Å²) in [7, 11) is 3.74. The summed E-state index contributed by atoms with van der Waals surface area (Å²) in [5.74, 6) is -2.67. The molecule has 236 valence electrons. The van der Waals surface area contributed by atoms with Gasteiger partial charge in [-0.15, -0.1) is 0 Å². The van der Waals surface area contributed by atoms with Crippen LogP contribution in [0.3, 0.4) is 0 Å². The number of cyclic esters (lactones) is 1. The molecule has 0 aliphatic carbocycles. The van der Waals surface area contributed by atoms with Crippen molar-refractivity contribution >= 4 is 5.97 Å². The van der Waals surface area contributed by atoms with E-state index in [1.54, 1.807) is 27.7 Å². The van der Waals surface area contributed by atoms with Crippen LogP contribution in [0.1, 0.15) is 74.7 Å². The van der Waals surface area contributed by atoms with Gasteiger partial charge in [-0.05, 0) is 80.4 Å². The summed E-state index contributed by atoms with van der Waals surface area (Å²) in [6.07, 6.45) is -5.77. The third-order valence-electron chi connectivity index (χ3n) is 8.97. The van der Waals surface area contributed by atoms with Crippen LogP contribution >= 0.6 is 0 Å². The van der Waals surface area contributed by atoms with Gasteiger partial charge < -0.3 is 50.0 Å². The van der Waals surface area contributed by atoms with Gasteiger partial charge in [0.15, 0.2) is 6.29 Å². The number of likely N-dealkylation sites (N-methyl/N-ethyl adjacent to an activating group) is 1. The first kappa shape index (κ1) is 35.3. The molecular weight excluding hydrogens is 520 g/mol. The SMILES string of the molecule is CC[C@H]1OC(=O)[C@H](C)[C@@H](O)[C@H](C)[C@@H](O[C@@H]2O[C@H](C)C[C@H](N(C)C)[C@H]2O)C(C)(O)C[C@@H](C)CN[C@H](C)[C@@H](O)[C@]1(C)O. The molecule has 11 nitrogen and oxygen atoms in total. The summed E-state index contributed by atoms with van der Waals surface area (Å²) in [6, 6.07) is -0.783. The fourth-order valence-electron chi connectivity index (χ4n) is 6.36. The molecule has 6 N–H and O–H groups in total. The van der Waals surface area contributed by atoms with Gasteiger partial charge in [-0.3, -0.25) is 4.79 Å². The third kappa shape index (κ3) is 8.14. The number of hydrogen-bond donors (Lipinski definition) is 6. The minimum Gasteiger partial charge on any atom is -0.459 e. The van der Waals surface area contributed by atoms with Crippen LogP contribution in [0.25, 0.3) is 0 Å². The Morgan fingerprint density at radius 1 is 1.05 bits per heavy atom. The molecule has 2 heterocycles. The largest absolute Gasteiger partial charge is 0.459 e. The van der Waals surface area contributed by atoms with Gasteiger partial charge in [0.25, 0.3) is 0 Å². The molecule has 2 fully saturated rings. The van der Waals surface area contributed by atoms with E-state index in [0.29, 0.717) is 13.0 Å². The Morgan fingerprint density at radius 2 is 1.65 bits per heavy atom. The molecule has 1 unspecified atom stereocenters. The van der Waals surface area contributed by atoms with Gasteiger partial charge in [0.2, 0.25) is 0 Å². The molecule has 2 rings (SSSR count). The van der Waals surface area contributed by atoms with Crippen molar-refractivity contribution in [2.45, 2.75) is 141 Å². The molecule has 2 aliphatic rings. The molecule has 0 aromatic heterocycles. The van der Waals surface area contributed by atoms with Crippen molar-refractivity contribution in [2.24, 2.45) is 17.8 Å². The zero-order valence-corrected chi connectivity index (χ0v) is 26.1. The maximum Gasteiger partial charge on any atom is 0.311 e. The Bertz CT molecular complexity index is 810. The average Bonchev–Trinajstić information content (AvgIpc) is 2.87. The van der Waals surface area contributed by atoms with Crippen molar-refractivity contribution in [2.75, 3.05) is 20.6 Å². The van der Waals surface area contributed by atoms with E-state index in [4.69, 9.17) is 14.2 Å². The molecule has 0 spiro atoms. The molecule has 0 amide bonds. The van der Waals surface area contributed by atoms with E-state index in [-0.39, 0.29) is 30.9 Å². The molecular formula is C29H56N2O9. The highest BCUT2D eigenvalue weighted by atomic mass is 16.7. The fraction of sp³-hybridized carbons (Fsp3) is 0.966. The highest BCUT2D eigenvalue weighted by molar-refractivity contribution is 5.73. The maximum absolute atomic E-state index is 13.2. The monoisotopic (exact) mass is 576 g/mol. The highest BCUT2D eigenvalue weighted by Gasteiger charge is 2.49. The first-order chi connectivity index (χ1) is 18.3. The van der Waals surface area contributed by atoms with Gasteiger partial charge in [0.1, 0.15) is 23.9 Å². The van der Waals surface area contributed by atoms with Crippen LogP contribution in [0.2, 0.25) is 0 Å². The van der Waals surface area contributed by atoms with Crippen LogP contribution in [0, 0.1) is 17.8 Å². The normalized spacial score (nSPS) is 48.8. The van der Waals surface area contributed by atoms with Crippen molar-refractivity contribution < 1.29 is 44.5 Å². The van der Waals surface area contributed by atoms with E-state index in [2.05, 4.69) is 5.32 Å². The number of aliphatic hydroxyl groups excluding tert-OH is 3. The standard InChI is InChI=1S/C29H56N2O9/c1-11-21-29(8,37)24(34)19(6)30-14-15(2)13-28(7,36)25(17(4)22(32)18(5)26(35)39-21)40-27-23(33)20(31(9)10)12-16(3)38-27/h15-25,27,30,32-34,36-37H,11-14H2,1-10H3/t15-,16-,17+,18-,19-,20+,21-,22+,23-,24-,25-,27+,28?,29-/m1/s1. The Labute approximate surface area is 240 Å². The third-order valence-corrected chi connectivity index (χ3v) is 8.97. The number of nitrogens with one attached hydrogen (secondary N) is 1. The zero-order valence-electron chi connectivity index (χ0n) is 26.1. The van der Waals surface area contributed by atoms with Crippen molar-refractivity contribution in [1.82, 2.24) is 10.2 Å². The molecule has 0 aromatic rings. The number of hydrogen-bond acceptors (Lipinski definition) is 11. The minimum absolute atomic E-state index is 0.113. The average molecular weight is 577 g/mol. The number of nitrogens with zero attached hydrogens (tertiary/aromatic N) is 1. The molecule has 0 radical (unpaired) electrons. The Kier molecular flexibility index (Phi) is 12.4. The van der Waals surface area contributed by atoms with E-state index >= 15 is 0 Å². The number of rotatable bonds is 4. The lowest BCUT2D eigenvalue weighted by Crippen LogP contribution is -2.59. The first-order valence-electron chi connectivity index (χ1n) is 14.7. The number of aliphatic hydroxyl groups is 5. The number of ether oxygens (including phenoxy) is 3. The predicted molar refractivity (Wildman–Crippen MR) is 150 cm³/mol. The molecule has 0 bridgehead atoms. The van der Waals surface area contributed by atoms with Gasteiger partial charge >= 0.3 is 5.97 Å². The minimum atomic E-state index is -1.75. The number of esters is 1. The van der Waals surface area contributed by atoms with Crippen molar-refractivity contribution in [3.05, 3.63) is 0 Å². The second kappa shape index (κ2) is 14.1. The quantitative estimate of drug-likeness (QED) is 0.261. The summed E-state index contributed by atoms with van der Waals surface area (Å²) in [5, 5.41) is 59.8. The van der Waals surface area contributed by atoms with Crippen LogP contribution in [0.5, 0.6) is 0 Å². The van der Waals surface area contributed by atoms with E-state index in [1.807, 2.05) is 32.8 Å². The lowest BCUT2D eigenvalue weighted by molar-refractivity contribution is -0.299. The van der Waals surface area contributed by atoms with Crippen LogP contribution in [0.4, 0.5) is 0 Å². The van der Waals surface area contributed by atoms with E-state index in [9.17, 15) is 30.3 Å². The number of carbonyl (C=O) groups is 1. The molecule has 2 aliphatic heterocycles. The summed E-state index contributed by atoms with van der Waals surface area (Å²) in [5.41, 5.74) is -3.25. The molecule has 40 heavy (non-hydrogen) atoms. The smallest absolute Gasteiger partial charge is 0.311 e. The lowest BCUT2D eigenvalue weighted by Gasteiger charge is -2.46. The Balaban J connectivity index is 2.48. The molecule has 0 aromatic carbocycles. The Hall–Kier alpha value is -0.890. The summed E-state index contributed by atoms with van der Waals surface area (Å²) in [6.45, 7) is 14.0. The number of carbonyl (C=O) groups excluding carboxylic acids is 1. The van der Waals surface area contributed by atoms with E-state index < -0.39 is 71.9 Å². The fourth-order valence-corrected chi connectivity index (χ4v) is 6.36. The first-order valence-corrected chi connectivity index (χ1v) is 14.7. The lowest BCUT2D eigenvalue weighted by atomic mass is 9.78. The van der Waals surface area contributed by atoms with Crippen molar-refractivity contribution in [3.8, 4) is 0 Å². The van der Waals surface area contributed by atoms with Gasteiger partial charge in [-0.1, -0.05) is 20.8 Å². The van der Waals surface area contributed by atoms with Crippen LogP contribution < -0.4 is 5.32 Å². The second-order valence-corrected chi connectivity index (χ2v) is 13.1. The van der Waals surface area contributed by atoms with Crippen molar-refractivity contribution in [1.29, 1.82) is 0 Å². The summed E-state index contributed by atoms with van der Waals surface area (Å²) in [4.78, 5) is 15.1. The topological polar surface area (TPSA) is 161 Å². The van der Waals surface area contributed by atoms with Gasteiger partial charge in [-0.25, -0.2) is 0 Å². The maximum atomic E-state index is 13.2. The molecule has 14 atom stereocenters. The highest BCUT2D eigenvalue weighted by Crippen LogP contribution is 2.36. The van der Waals surface area contributed by atoms with Crippen LogP contribution in [-0.2, 0) is 19.0 Å². The second-order valence-electron chi connectivity index (χ2n) is 13.1. The van der Waals surface area contributed by atoms with Gasteiger partial charge in [-0.2, -0.15) is 0 Å².